The van der Waals surface area contributed by atoms with Crippen molar-refractivity contribution >= 4 is 56.6 Å². The first kappa shape index (κ1) is 25.9. The first-order chi connectivity index (χ1) is 16.9. The van der Waals surface area contributed by atoms with Crippen LogP contribution in [-0.2, 0) is 6.54 Å². The molecule has 0 aliphatic heterocycles. The summed E-state index contributed by atoms with van der Waals surface area (Å²) in [7, 11) is 0. The van der Waals surface area contributed by atoms with Crippen LogP contribution in [0.4, 0.5) is 5.13 Å². The van der Waals surface area contributed by atoms with Crippen LogP contribution < -0.4 is 4.90 Å². The molecule has 0 aliphatic carbocycles. The number of hydrogen-bond donors (Lipinski definition) is 0. The summed E-state index contributed by atoms with van der Waals surface area (Å²) in [6.45, 7) is 7.08. The van der Waals surface area contributed by atoms with Crippen molar-refractivity contribution in [1.82, 2.24) is 19.7 Å². The third kappa shape index (κ3) is 4.89. The van der Waals surface area contributed by atoms with Crippen LogP contribution in [0.3, 0.4) is 0 Å². The van der Waals surface area contributed by atoms with Crippen molar-refractivity contribution in [3.05, 3.63) is 82.6 Å². The second kappa shape index (κ2) is 10.8. The molecule has 0 N–H and O–H groups in total. The molecule has 7 nitrogen and oxygen atoms in total. The summed E-state index contributed by atoms with van der Waals surface area (Å²) in [5, 5.41) is 5.35. The van der Waals surface area contributed by atoms with Crippen molar-refractivity contribution < 1.29 is 9.32 Å². The highest BCUT2D eigenvalue weighted by Gasteiger charge is 2.29. The molecule has 5 aromatic rings. The molecule has 0 saturated heterocycles. The number of thiazole rings is 1. The molecule has 3 heterocycles. The molecular formula is C26H25Cl2N5O2S. The monoisotopic (exact) mass is 541 g/mol. The molecule has 2 aromatic carbocycles. The van der Waals surface area contributed by atoms with Crippen LogP contribution in [0, 0.1) is 20.8 Å². The van der Waals surface area contributed by atoms with Gasteiger partial charge in [-0.2, -0.15) is 0 Å². The second-order valence-electron chi connectivity index (χ2n) is 8.40. The standard InChI is InChI=1S/C26H24ClN5O2S.ClH/c1-16-9-10-21-23(17(16)2)29-26(35-21)32(13-6-12-31-14-11-28-15-31)25(33)22-18(3)34-30-24(22)19-7-4-5-8-20(19)27;/h4-5,7-11,14-15H,6,12-13H2,1-3H3;1H. The number of imidazole rings is 1. The van der Waals surface area contributed by atoms with Crippen LogP contribution in [0.2, 0.25) is 5.02 Å². The molecule has 0 fully saturated rings. The first-order valence-corrected chi connectivity index (χ1v) is 12.5. The minimum Gasteiger partial charge on any atom is -0.360 e. The van der Waals surface area contributed by atoms with Crippen molar-refractivity contribution in [3.63, 3.8) is 0 Å². The van der Waals surface area contributed by atoms with Gasteiger partial charge in [-0.05, 0) is 50.5 Å². The van der Waals surface area contributed by atoms with E-state index < -0.39 is 0 Å². The van der Waals surface area contributed by atoms with E-state index in [0.29, 0.717) is 39.3 Å². The number of carbonyl (C=O) groups excluding carboxylic acids is 1. The Labute approximate surface area is 224 Å². The SMILES string of the molecule is Cc1ccc2sc(N(CCCn3ccnc3)C(=O)c3c(-c4ccccc4Cl)noc3C)nc2c1C.Cl. The normalized spacial score (nSPS) is 11.0. The van der Waals surface area contributed by atoms with Crippen LogP contribution >= 0.6 is 35.3 Å². The Morgan fingerprint density at radius 1 is 1.17 bits per heavy atom. The summed E-state index contributed by atoms with van der Waals surface area (Å²) in [4.78, 5) is 24.8. The highest BCUT2D eigenvalue weighted by atomic mass is 35.5. The molecule has 5 rings (SSSR count). The van der Waals surface area contributed by atoms with E-state index in [0.717, 1.165) is 28.7 Å². The van der Waals surface area contributed by atoms with E-state index in [9.17, 15) is 4.79 Å². The summed E-state index contributed by atoms with van der Waals surface area (Å²) >= 11 is 7.95. The zero-order valence-corrected chi connectivity index (χ0v) is 22.5. The predicted octanol–water partition coefficient (Wildman–Crippen LogP) is 6.89. The Bertz CT molecular complexity index is 1510. The average molecular weight is 542 g/mol. The van der Waals surface area contributed by atoms with E-state index in [-0.39, 0.29) is 18.3 Å². The second-order valence-corrected chi connectivity index (χ2v) is 9.82. The smallest absolute Gasteiger partial charge is 0.265 e. The van der Waals surface area contributed by atoms with Gasteiger partial charge in [0.2, 0.25) is 0 Å². The largest absolute Gasteiger partial charge is 0.360 e. The number of benzene rings is 2. The lowest BCUT2D eigenvalue weighted by Crippen LogP contribution is -2.33. The number of carbonyl (C=O) groups is 1. The van der Waals surface area contributed by atoms with Gasteiger partial charge >= 0.3 is 0 Å². The van der Waals surface area contributed by atoms with Gasteiger partial charge in [0.05, 0.1) is 21.6 Å². The predicted molar refractivity (Wildman–Crippen MR) is 147 cm³/mol. The average Bonchev–Trinajstić information content (AvgIpc) is 3.59. The zero-order chi connectivity index (χ0) is 24.5. The molecule has 186 valence electrons. The summed E-state index contributed by atoms with van der Waals surface area (Å²) in [6.07, 6.45) is 6.16. The molecule has 0 spiro atoms. The van der Waals surface area contributed by atoms with Crippen molar-refractivity contribution in [3.8, 4) is 11.3 Å². The molecule has 10 heteroatoms. The fourth-order valence-corrected chi connectivity index (χ4v) is 5.32. The Hall–Kier alpha value is -3.20. The maximum Gasteiger partial charge on any atom is 0.265 e. The van der Waals surface area contributed by atoms with E-state index in [1.54, 1.807) is 30.4 Å². The summed E-state index contributed by atoms with van der Waals surface area (Å²) in [5.41, 5.74) is 4.70. The molecule has 0 bridgehead atoms. The van der Waals surface area contributed by atoms with Gasteiger partial charge in [0.1, 0.15) is 17.0 Å². The van der Waals surface area contributed by atoms with E-state index in [1.807, 2.05) is 29.0 Å². The molecular weight excluding hydrogens is 517 g/mol. The van der Waals surface area contributed by atoms with E-state index in [2.05, 4.69) is 36.1 Å². The molecule has 1 amide bonds. The van der Waals surface area contributed by atoms with Crippen molar-refractivity contribution in [2.24, 2.45) is 0 Å². The number of amides is 1. The minimum atomic E-state index is -0.210. The number of fused-ring (bicyclic) bond motifs is 1. The number of aromatic nitrogens is 4. The number of hydrogen-bond acceptors (Lipinski definition) is 6. The molecule has 36 heavy (non-hydrogen) atoms. The molecule has 0 unspecified atom stereocenters. The van der Waals surface area contributed by atoms with Crippen LogP contribution in [-0.4, -0.2) is 32.1 Å². The Balaban J connectivity index is 0.00000304. The lowest BCUT2D eigenvalue weighted by Gasteiger charge is -2.20. The third-order valence-corrected chi connectivity index (χ3v) is 7.49. The van der Waals surface area contributed by atoms with Gasteiger partial charge < -0.3 is 9.09 Å². The summed E-state index contributed by atoms with van der Waals surface area (Å²) in [5.74, 6) is 0.232. The van der Waals surface area contributed by atoms with Gasteiger partial charge in [0.25, 0.3) is 5.91 Å². The molecule has 0 saturated carbocycles. The van der Waals surface area contributed by atoms with Gasteiger partial charge in [-0.15, -0.1) is 12.4 Å². The topological polar surface area (TPSA) is 77.0 Å². The van der Waals surface area contributed by atoms with Crippen LogP contribution in [0.15, 0.2) is 59.6 Å². The fourth-order valence-electron chi connectivity index (χ4n) is 4.04. The summed E-state index contributed by atoms with van der Waals surface area (Å²) < 4.78 is 8.52. The van der Waals surface area contributed by atoms with E-state index in [1.165, 1.54) is 16.9 Å². The van der Waals surface area contributed by atoms with Crippen LogP contribution in [0.25, 0.3) is 21.5 Å². The maximum atomic E-state index is 14.1. The van der Waals surface area contributed by atoms with Crippen LogP contribution in [0.1, 0.15) is 33.7 Å². The lowest BCUT2D eigenvalue weighted by atomic mass is 10.1. The number of nitrogens with zero attached hydrogens (tertiary/aromatic N) is 5. The molecule has 0 aliphatic rings. The molecule has 0 atom stereocenters. The van der Waals surface area contributed by atoms with Crippen molar-refractivity contribution in [1.29, 1.82) is 0 Å². The molecule has 3 aromatic heterocycles. The van der Waals surface area contributed by atoms with Crippen molar-refractivity contribution in [2.75, 3.05) is 11.4 Å². The lowest BCUT2D eigenvalue weighted by molar-refractivity contribution is 0.0985. The first-order valence-electron chi connectivity index (χ1n) is 11.3. The van der Waals surface area contributed by atoms with Gasteiger partial charge in [0, 0.05) is 31.0 Å². The number of rotatable bonds is 7. The van der Waals surface area contributed by atoms with Gasteiger partial charge in [-0.3, -0.25) is 9.69 Å². The third-order valence-electron chi connectivity index (χ3n) is 6.11. The molecule has 0 radical (unpaired) electrons. The van der Waals surface area contributed by atoms with Gasteiger partial charge in [0.15, 0.2) is 5.13 Å². The van der Waals surface area contributed by atoms with E-state index in [4.69, 9.17) is 21.1 Å². The van der Waals surface area contributed by atoms with Gasteiger partial charge in [-0.1, -0.05) is 52.4 Å². The summed E-state index contributed by atoms with van der Waals surface area (Å²) in [6, 6.07) is 11.5. The zero-order valence-electron chi connectivity index (χ0n) is 20.1. The van der Waals surface area contributed by atoms with E-state index >= 15 is 0 Å². The Morgan fingerprint density at radius 2 is 1.97 bits per heavy atom. The number of anilines is 1. The fraction of sp³-hybridized carbons (Fsp3) is 0.231. The minimum absolute atomic E-state index is 0. The Kier molecular flexibility index (Phi) is 7.78. The maximum absolute atomic E-state index is 14.1. The number of aryl methyl sites for hydroxylation is 4. The highest BCUT2D eigenvalue weighted by molar-refractivity contribution is 7.22. The highest BCUT2D eigenvalue weighted by Crippen LogP contribution is 2.36. The van der Waals surface area contributed by atoms with Crippen LogP contribution in [0.5, 0.6) is 0 Å². The van der Waals surface area contributed by atoms with Crippen molar-refractivity contribution in [2.45, 2.75) is 33.7 Å². The Morgan fingerprint density at radius 3 is 2.72 bits per heavy atom. The van der Waals surface area contributed by atoms with Gasteiger partial charge in [-0.25, -0.2) is 9.97 Å². The number of halogens is 2. The quantitative estimate of drug-likeness (QED) is 0.224.